The molecule has 0 aliphatic carbocycles. The number of nitrogens with two attached hydrogens (primary N) is 1. The largest absolute Gasteiger partial charge is 0.364 e. The van der Waals surface area contributed by atoms with E-state index in [1.54, 1.807) is 39.1 Å². The summed E-state index contributed by atoms with van der Waals surface area (Å²) in [5, 5.41) is 3.82. The highest BCUT2D eigenvalue weighted by molar-refractivity contribution is 7.92. The molecule has 3 N–H and O–H groups in total. The number of quaternary nitrogens is 1. The molecule has 1 aromatic heterocycles. The number of nitrogens with zero attached hydrogens (tertiary/aromatic N) is 2. The van der Waals surface area contributed by atoms with Gasteiger partial charge in [-0.05, 0) is 38.3 Å². The number of amides is 2. The second-order valence-electron chi connectivity index (χ2n) is 10.3. The third kappa shape index (κ3) is 6.39. The van der Waals surface area contributed by atoms with E-state index in [1.807, 2.05) is 45.0 Å². The molecule has 2 aromatic carbocycles. The summed E-state index contributed by atoms with van der Waals surface area (Å²) >= 11 is 0. The van der Waals surface area contributed by atoms with Crippen LogP contribution in [-0.2, 0) is 26.2 Å². The molecule has 210 valence electrons. The lowest BCUT2D eigenvalue weighted by atomic mass is 9.93. The van der Waals surface area contributed by atoms with Crippen LogP contribution >= 0.6 is 0 Å². The molecule has 0 saturated heterocycles. The summed E-state index contributed by atoms with van der Waals surface area (Å²) < 4.78 is 34.1. The predicted octanol–water partition coefficient (Wildman–Crippen LogP) is 4.93. The van der Waals surface area contributed by atoms with Crippen LogP contribution in [0.4, 0.5) is 5.82 Å². The number of rotatable bonds is 12. The zero-order valence-corrected chi connectivity index (χ0v) is 24.3. The molecule has 3 rings (SSSR count). The van der Waals surface area contributed by atoms with Crippen molar-refractivity contribution < 1.29 is 27.0 Å². The SMILES string of the molecule is CCCC(=O)[N+](C)(Cc1ccc(-c2ccccc2S(=O)(=O)Nc2noc(C)c2C)cc1)[C@H](C(N)=O)[C@@H](C)CC. The van der Waals surface area contributed by atoms with Gasteiger partial charge in [0, 0.05) is 22.6 Å². The molecule has 1 unspecified atom stereocenters. The van der Waals surface area contributed by atoms with E-state index in [1.165, 1.54) is 6.07 Å². The smallest absolute Gasteiger partial charge is 0.314 e. The Morgan fingerprint density at radius 2 is 1.72 bits per heavy atom. The first-order valence-electron chi connectivity index (χ1n) is 13.2. The highest BCUT2D eigenvalue weighted by atomic mass is 32.2. The van der Waals surface area contributed by atoms with Crippen LogP contribution in [0.3, 0.4) is 0 Å². The van der Waals surface area contributed by atoms with Crippen molar-refractivity contribution in [3.05, 3.63) is 65.4 Å². The van der Waals surface area contributed by atoms with Gasteiger partial charge in [0.2, 0.25) is 0 Å². The van der Waals surface area contributed by atoms with Crippen LogP contribution in [0.2, 0.25) is 0 Å². The van der Waals surface area contributed by atoms with E-state index in [4.69, 9.17) is 10.3 Å². The average molecular weight is 556 g/mol. The molecule has 0 aliphatic heterocycles. The van der Waals surface area contributed by atoms with Crippen molar-refractivity contribution in [2.75, 3.05) is 11.8 Å². The lowest BCUT2D eigenvalue weighted by Crippen LogP contribution is -2.62. The third-order valence-corrected chi connectivity index (χ3v) is 8.86. The molecule has 0 spiro atoms. The van der Waals surface area contributed by atoms with E-state index in [0.29, 0.717) is 48.3 Å². The van der Waals surface area contributed by atoms with E-state index < -0.39 is 22.0 Å². The van der Waals surface area contributed by atoms with Crippen LogP contribution in [-0.4, -0.2) is 43.0 Å². The van der Waals surface area contributed by atoms with Gasteiger partial charge < -0.3 is 10.3 Å². The summed E-state index contributed by atoms with van der Waals surface area (Å²) in [4.78, 5) is 26.0. The lowest BCUT2D eigenvalue weighted by Gasteiger charge is -2.40. The van der Waals surface area contributed by atoms with Crippen molar-refractivity contribution in [3.8, 4) is 11.1 Å². The van der Waals surface area contributed by atoms with Crippen molar-refractivity contribution in [2.24, 2.45) is 11.7 Å². The molecule has 39 heavy (non-hydrogen) atoms. The van der Waals surface area contributed by atoms with Gasteiger partial charge in [-0.15, -0.1) is 0 Å². The molecule has 0 radical (unpaired) electrons. The van der Waals surface area contributed by atoms with Crippen molar-refractivity contribution in [1.29, 1.82) is 0 Å². The highest BCUT2D eigenvalue weighted by Crippen LogP contribution is 2.31. The van der Waals surface area contributed by atoms with Crippen molar-refractivity contribution >= 4 is 27.7 Å². The minimum Gasteiger partial charge on any atom is -0.364 e. The number of likely N-dealkylation sites (N-methyl/N-ethyl adjacent to an activating group) is 1. The Balaban J connectivity index is 1.97. The van der Waals surface area contributed by atoms with Crippen LogP contribution in [0.15, 0.2) is 57.9 Å². The minimum absolute atomic E-state index is 0.0356. The normalized spacial score (nSPS) is 14.8. The number of hydrogen-bond acceptors (Lipinski definition) is 6. The Labute approximate surface area is 231 Å². The Kier molecular flexibility index (Phi) is 9.34. The molecule has 9 nitrogen and oxygen atoms in total. The molecule has 0 fully saturated rings. The number of primary amides is 1. The molecule has 2 amide bonds. The topological polar surface area (TPSA) is 132 Å². The lowest BCUT2D eigenvalue weighted by molar-refractivity contribution is -0.868. The van der Waals surface area contributed by atoms with Crippen molar-refractivity contribution in [1.82, 2.24) is 5.16 Å². The van der Waals surface area contributed by atoms with Crippen LogP contribution < -0.4 is 10.5 Å². The summed E-state index contributed by atoms with van der Waals surface area (Å²) in [5.41, 5.74) is 8.49. The van der Waals surface area contributed by atoms with E-state index in [0.717, 1.165) is 5.56 Å². The fraction of sp³-hybridized carbons (Fsp3) is 0.414. The van der Waals surface area contributed by atoms with E-state index >= 15 is 0 Å². The molecule has 1 heterocycles. The van der Waals surface area contributed by atoms with Gasteiger partial charge in [0.15, 0.2) is 11.9 Å². The molecule has 0 bridgehead atoms. The monoisotopic (exact) mass is 555 g/mol. The number of nitrogens with one attached hydrogen (secondary N) is 1. The van der Waals surface area contributed by atoms with Gasteiger partial charge in [-0.3, -0.25) is 9.52 Å². The molecule has 10 heteroatoms. The van der Waals surface area contributed by atoms with Crippen LogP contribution in [0.25, 0.3) is 11.1 Å². The zero-order valence-electron chi connectivity index (χ0n) is 23.5. The first-order valence-corrected chi connectivity index (χ1v) is 14.7. The molecule has 3 atom stereocenters. The predicted molar refractivity (Wildman–Crippen MR) is 151 cm³/mol. The Hall–Kier alpha value is -3.50. The molecular weight excluding hydrogens is 516 g/mol. The van der Waals surface area contributed by atoms with E-state index in [2.05, 4.69) is 9.88 Å². The van der Waals surface area contributed by atoms with Gasteiger partial charge in [-0.1, -0.05) is 68.4 Å². The molecular formula is C29H39N4O5S+. The standard InChI is InChI=1S/C29H38N4O5S/c1-7-11-26(34)33(6,27(28(30)35)19(3)8-2)18-22-14-16-23(17-15-22)24-12-9-10-13-25(24)39(36,37)32-29-20(4)21(5)38-31-29/h9-10,12-17,19,27H,7-8,11,18H2,1-6H3,(H2-,30,31,32,35)/p+1/t19-,27-,33?/m0/s1. The first-order chi connectivity index (χ1) is 18.4. The van der Waals surface area contributed by atoms with Gasteiger partial charge in [-0.25, -0.2) is 17.7 Å². The number of hydrogen-bond donors (Lipinski definition) is 2. The Morgan fingerprint density at radius 3 is 2.26 bits per heavy atom. The second kappa shape index (κ2) is 12.1. The number of carbonyl (C=O) groups is 2. The summed E-state index contributed by atoms with van der Waals surface area (Å²) in [6, 6.07) is 13.4. The summed E-state index contributed by atoms with van der Waals surface area (Å²) in [7, 11) is -2.18. The summed E-state index contributed by atoms with van der Waals surface area (Å²) in [6.07, 6.45) is 1.73. The number of aryl methyl sites for hydroxylation is 1. The fourth-order valence-electron chi connectivity index (χ4n) is 4.96. The van der Waals surface area contributed by atoms with Crippen LogP contribution in [0.1, 0.15) is 56.9 Å². The number of carbonyl (C=O) groups excluding carboxylic acids is 2. The van der Waals surface area contributed by atoms with E-state index in [9.17, 15) is 18.0 Å². The number of anilines is 1. The third-order valence-electron chi connectivity index (χ3n) is 7.46. The fourth-order valence-corrected chi connectivity index (χ4v) is 6.25. The Bertz CT molecular complexity index is 1430. The zero-order chi connectivity index (χ0) is 29.0. The summed E-state index contributed by atoms with van der Waals surface area (Å²) in [6.45, 7) is 9.60. The minimum atomic E-state index is -3.96. The average Bonchev–Trinajstić information content (AvgIpc) is 3.20. The van der Waals surface area contributed by atoms with Gasteiger partial charge in [0.1, 0.15) is 12.3 Å². The second-order valence-corrected chi connectivity index (χ2v) is 12.0. The first kappa shape index (κ1) is 30.0. The van der Waals surface area contributed by atoms with Crippen LogP contribution in [0, 0.1) is 19.8 Å². The molecule has 0 saturated carbocycles. The highest BCUT2D eigenvalue weighted by Gasteiger charge is 2.45. The molecule has 3 aromatic rings. The van der Waals surface area contributed by atoms with Crippen LogP contribution in [0.5, 0.6) is 0 Å². The van der Waals surface area contributed by atoms with Gasteiger partial charge >= 0.3 is 5.91 Å². The maximum Gasteiger partial charge on any atom is 0.314 e. The summed E-state index contributed by atoms with van der Waals surface area (Å²) in [5.74, 6) is 0.0843. The van der Waals surface area contributed by atoms with Gasteiger partial charge in [0.25, 0.3) is 15.9 Å². The number of benzene rings is 2. The van der Waals surface area contributed by atoms with E-state index in [-0.39, 0.29) is 27.0 Å². The number of aromatic nitrogens is 1. The molecule has 0 aliphatic rings. The van der Waals surface area contributed by atoms with Crippen molar-refractivity contribution in [3.63, 3.8) is 0 Å². The Morgan fingerprint density at radius 1 is 1.08 bits per heavy atom. The van der Waals surface area contributed by atoms with Gasteiger partial charge in [0.05, 0.1) is 18.4 Å². The maximum atomic E-state index is 13.3. The van der Waals surface area contributed by atoms with Gasteiger partial charge in [-0.2, -0.15) is 0 Å². The number of sulfonamides is 1. The maximum absolute atomic E-state index is 13.3. The van der Waals surface area contributed by atoms with Crippen molar-refractivity contribution in [2.45, 2.75) is 71.4 Å². The quantitative estimate of drug-likeness (QED) is 0.305.